The van der Waals surface area contributed by atoms with Crippen molar-refractivity contribution in [2.24, 2.45) is 10.9 Å². The Labute approximate surface area is 284 Å². The smallest absolute Gasteiger partial charge is 0.343 e. The van der Waals surface area contributed by atoms with Crippen LogP contribution >= 0.6 is 0 Å². The minimum atomic E-state index is -1.32. The third-order valence-electron chi connectivity index (χ3n) is 9.26. The zero-order valence-electron chi connectivity index (χ0n) is 27.6. The molecular weight excluding hydrogens is 634 g/mol. The van der Waals surface area contributed by atoms with Crippen molar-refractivity contribution in [2.45, 2.75) is 50.7 Å². The fourth-order valence-electron chi connectivity index (χ4n) is 6.62. The molecule has 2 aliphatic heterocycles. The molecule has 1 N–H and O–H groups in total. The first-order chi connectivity index (χ1) is 23.7. The lowest BCUT2D eigenvalue weighted by Crippen LogP contribution is -2.53. The molecule has 5 rings (SSSR count). The maximum atomic E-state index is 14.3. The highest BCUT2D eigenvalue weighted by Gasteiger charge is 2.45. The zero-order chi connectivity index (χ0) is 35.0. The number of ether oxygens (including phenoxy) is 2. The van der Waals surface area contributed by atoms with Crippen LogP contribution < -0.4 is 5.32 Å². The topological polar surface area (TPSA) is 118 Å². The third kappa shape index (κ3) is 8.02. The summed E-state index contributed by atoms with van der Waals surface area (Å²) in [5, 5.41) is 2.58. The number of carbonyl (C=O) groups is 4. The highest BCUT2D eigenvalue weighted by atomic mass is 19.2. The lowest BCUT2D eigenvalue weighted by molar-refractivity contribution is -0.150. The van der Waals surface area contributed by atoms with E-state index in [1.807, 2.05) is 36.4 Å². The number of halogens is 2. The van der Waals surface area contributed by atoms with Gasteiger partial charge in [-0.25, -0.2) is 13.6 Å². The molecule has 0 aromatic heterocycles. The number of benzene rings is 3. The molecule has 2 aliphatic rings. The zero-order valence-corrected chi connectivity index (χ0v) is 27.6. The first-order valence-corrected chi connectivity index (χ1v) is 16.4. The van der Waals surface area contributed by atoms with Crippen molar-refractivity contribution in [1.82, 2.24) is 15.1 Å². The summed E-state index contributed by atoms with van der Waals surface area (Å²) in [7, 11) is 1.40. The van der Waals surface area contributed by atoms with Crippen molar-refractivity contribution in [3.05, 3.63) is 107 Å². The van der Waals surface area contributed by atoms with Gasteiger partial charge in [0.15, 0.2) is 11.6 Å². The Hall–Kier alpha value is -4.97. The highest BCUT2D eigenvalue weighted by molar-refractivity contribution is 6.13. The number of rotatable bonds is 11. The van der Waals surface area contributed by atoms with Gasteiger partial charge in [-0.3, -0.25) is 19.3 Å². The average molecular weight is 675 g/mol. The van der Waals surface area contributed by atoms with E-state index in [0.29, 0.717) is 44.5 Å². The van der Waals surface area contributed by atoms with Crippen LogP contribution in [-0.2, 0) is 35.9 Å². The Morgan fingerprint density at radius 1 is 0.980 bits per heavy atom. The number of carbonyl (C=O) groups excluding carboxylic acids is 4. The molecule has 3 aromatic carbocycles. The molecule has 0 saturated carbocycles. The molecule has 3 aromatic rings. The van der Waals surface area contributed by atoms with E-state index in [0.717, 1.165) is 17.7 Å². The van der Waals surface area contributed by atoms with E-state index in [2.05, 4.69) is 15.2 Å². The maximum Gasteiger partial charge on any atom is 0.343 e. The summed E-state index contributed by atoms with van der Waals surface area (Å²) < 4.78 is 39.0. The Balaban J connectivity index is 1.29. The van der Waals surface area contributed by atoms with Crippen molar-refractivity contribution in [3.63, 3.8) is 0 Å². The summed E-state index contributed by atoms with van der Waals surface area (Å²) in [6.07, 6.45) is 1.71. The van der Waals surface area contributed by atoms with Gasteiger partial charge in [0.05, 0.1) is 18.6 Å². The first kappa shape index (κ1) is 35.3. The minimum Gasteiger partial charge on any atom is -0.468 e. The van der Waals surface area contributed by atoms with E-state index in [4.69, 9.17) is 9.47 Å². The molecule has 0 bridgehead atoms. The monoisotopic (exact) mass is 674 g/mol. The van der Waals surface area contributed by atoms with E-state index in [-0.39, 0.29) is 42.8 Å². The number of hydrogen-bond donors (Lipinski definition) is 1. The van der Waals surface area contributed by atoms with Crippen LogP contribution in [0.3, 0.4) is 0 Å². The summed E-state index contributed by atoms with van der Waals surface area (Å²) in [5.41, 5.74) is 1.03. The summed E-state index contributed by atoms with van der Waals surface area (Å²) in [5.74, 6) is -5.08. The van der Waals surface area contributed by atoms with Crippen LogP contribution in [0.5, 0.6) is 0 Å². The SMILES string of the molecule is CCN(C(=O)CCCN1CCC(C(=O)OC)(c2ccccc2)CC1)C1=NC(=O)NC(c2ccc(F)c(F)c2)C1C(=O)OCc1ccccc1. The normalized spacial score (nSPS) is 18.9. The van der Waals surface area contributed by atoms with Crippen molar-refractivity contribution >= 4 is 29.7 Å². The number of likely N-dealkylation sites (tertiary alicyclic amines) is 1. The van der Waals surface area contributed by atoms with Gasteiger partial charge in [0.2, 0.25) is 5.91 Å². The Bertz CT molecular complexity index is 1680. The van der Waals surface area contributed by atoms with Gasteiger partial charge in [-0.2, -0.15) is 4.99 Å². The molecule has 2 unspecified atom stereocenters. The molecule has 1 fully saturated rings. The van der Waals surface area contributed by atoms with Gasteiger partial charge in [0.1, 0.15) is 18.4 Å². The van der Waals surface area contributed by atoms with Gasteiger partial charge in [-0.15, -0.1) is 0 Å². The van der Waals surface area contributed by atoms with Crippen LogP contribution in [0.2, 0.25) is 0 Å². The number of piperidine rings is 1. The van der Waals surface area contributed by atoms with E-state index < -0.39 is 41.0 Å². The second-order valence-electron chi connectivity index (χ2n) is 12.2. The van der Waals surface area contributed by atoms with Crippen LogP contribution in [0.1, 0.15) is 55.3 Å². The fraction of sp³-hybridized carbons (Fsp3) is 0.378. The summed E-state index contributed by atoms with van der Waals surface area (Å²) >= 11 is 0. The molecule has 3 amide bonds. The number of urea groups is 1. The van der Waals surface area contributed by atoms with Gasteiger partial charge in [-0.05, 0) is 74.6 Å². The quantitative estimate of drug-likeness (QED) is 0.274. The lowest BCUT2D eigenvalue weighted by Gasteiger charge is -2.40. The Kier molecular flexibility index (Phi) is 11.5. The molecule has 258 valence electrons. The molecule has 0 spiro atoms. The standard InChI is InChI=1S/C37H40F2N4O6/c1-3-43(30(44)15-10-20-42-21-18-37(19-22-42,35(46)48-2)27-13-8-5-9-14-27)33-31(34(45)49-24-25-11-6-4-7-12-25)32(40-36(47)41-33)26-16-17-28(38)29(39)23-26/h4-9,11-14,16-17,23,31-32H,3,10,15,18-22,24H2,1-2H3,(H,40,47). The predicted molar refractivity (Wildman–Crippen MR) is 177 cm³/mol. The van der Waals surface area contributed by atoms with Crippen LogP contribution in [0.25, 0.3) is 0 Å². The molecule has 49 heavy (non-hydrogen) atoms. The molecule has 1 saturated heterocycles. The number of hydrogen-bond acceptors (Lipinski definition) is 7. The fourth-order valence-corrected chi connectivity index (χ4v) is 6.62. The molecule has 10 nitrogen and oxygen atoms in total. The molecule has 2 heterocycles. The van der Waals surface area contributed by atoms with Gasteiger partial charge in [-0.1, -0.05) is 66.7 Å². The van der Waals surface area contributed by atoms with Gasteiger partial charge >= 0.3 is 18.0 Å². The number of amides is 3. The minimum absolute atomic E-state index is 0.0840. The highest BCUT2D eigenvalue weighted by Crippen LogP contribution is 2.37. The van der Waals surface area contributed by atoms with Crippen LogP contribution in [0, 0.1) is 17.6 Å². The van der Waals surface area contributed by atoms with Gasteiger partial charge in [0.25, 0.3) is 0 Å². The van der Waals surface area contributed by atoms with Crippen molar-refractivity contribution in [3.8, 4) is 0 Å². The Morgan fingerprint density at radius 3 is 2.29 bits per heavy atom. The van der Waals surface area contributed by atoms with Crippen LogP contribution in [0.15, 0.2) is 83.9 Å². The largest absolute Gasteiger partial charge is 0.468 e. The molecule has 2 atom stereocenters. The van der Waals surface area contributed by atoms with Crippen molar-refractivity contribution in [2.75, 3.05) is 33.3 Å². The van der Waals surface area contributed by atoms with E-state index >= 15 is 0 Å². The van der Waals surface area contributed by atoms with Crippen molar-refractivity contribution in [1.29, 1.82) is 0 Å². The number of amidine groups is 1. The van der Waals surface area contributed by atoms with Gasteiger partial charge in [0, 0.05) is 13.0 Å². The van der Waals surface area contributed by atoms with Crippen LogP contribution in [0.4, 0.5) is 13.6 Å². The van der Waals surface area contributed by atoms with Gasteiger partial charge < -0.3 is 19.7 Å². The number of aliphatic imine (C=N–C) groups is 1. The van der Waals surface area contributed by atoms with E-state index in [1.54, 1.807) is 31.2 Å². The van der Waals surface area contributed by atoms with Crippen LogP contribution in [-0.4, -0.2) is 72.8 Å². The number of esters is 2. The maximum absolute atomic E-state index is 14.3. The second kappa shape index (κ2) is 16.0. The number of nitrogens with zero attached hydrogens (tertiary/aromatic N) is 3. The summed E-state index contributed by atoms with van der Waals surface area (Å²) in [6.45, 7) is 3.57. The van der Waals surface area contributed by atoms with E-state index in [1.165, 1.54) is 18.1 Å². The predicted octanol–water partition coefficient (Wildman–Crippen LogP) is 5.32. The summed E-state index contributed by atoms with van der Waals surface area (Å²) in [6, 6.07) is 19.7. The molecular formula is C37H40F2N4O6. The number of nitrogens with one attached hydrogen (secondary N) is 1. The lowest BCUT2D eigenvalue weighted by atomic mass is 9.72. The molecule has 0 radical (unpaired) electrons. The molecule has 12 heteroatoms. The Morgan fingerprint density at radius 2 is 1.65 bits per heavy atom. The third-order valence-corrected chi connectivity index (χ3v) is 9.26. The van der Waals surface area contributed by atoms with Crippen molar-refractivity contribution < 1.29 is 37.4 Å². The number of methoxy groups -OCH3 is 1. The molecule has 0 aliphatic carbocycles. The second-order valence-corrected chi connectivity index (χ2v) is 12.2. The average Bonchev–Trinajstić information content (AvgIpc) is 3.12. The first-order valence-electron chi connectivity index (χ1n) is 16.4. The van der Waals surface area contributed by atoms with E-state index in [9.17, 15) is 28.0 Å². The summed E-state index contributed by atoms with van der Waals surface area (Å²) in [4.78, 5) is 60.7.